The molecular weight excluding hydrogens is 282 g/mol. The Morgan fingerprint density at radius 2 is 1.86 bits per heavy atom. The van der Waals surface area contributed by atoms with Crippen molar-refractivity contribution in [2.75, 3.05) is 39.5 Å². The molecule has 5 nitrogen and oxygen atoms in total. The second-order valence-corrected chi connectivity index (χ2v) is 5.33. The van der Waals surface area contributed by atoms with E-state index >= 15 is 0 Å². The topological polar surface area (TPSA) is 59.0 Å². The second kappa shape index (κ2) is 6.77. The summed E-state index contributed by atoms with van der Waals surface area (Å²) in [6, 6.07) is 10.8. The third-order valence-corrected chi connectivity index (χ3v) is 3.84. The van der Waals surface area contributed by atoms with Gasteiger partial charge in [-0.3, -0.25) is 4.90 Å². The van der Waals surface area contributed by atoms with Crippen molar-refractivity contribution in [2.45, 2.75) is 0 Å². The lowest BCUT2D eigenvalue weighted by atomic mass is 10.1. The predicted molar refractivity (Wildman–Crippen MR) is 83.7 cm³/mol. The fraction of sp³-hybridized carbons (Fsp3) is 0.353. The number of hydrogen-bond donors (Lipinski definition) is 1. The molecule has 0 spiro atoms. The largest absolute Gasteiger partial charge is 0.492 e. The summed E-state index contributed by atoms with van der Waals surface area (Å²) in [6.45, 7) is 5.03. The van der Waals surface area contributed by atoms with Crippen LogP contribution in [0.15, 0.2) is 36.4 Å². The van der Waals surface area contributed by atoms with Gasteiger partial charge in [0.25, 0.3) is 0 Å². The van der Waals surface area contributed by atoms with E-state index in [0.717, 1.165) is 49.4 Å². The van der Waals surface area contributed by atoms with Gasteiger partial charge in [0.1, 0.15) is 12.4 Å². The molecule has 1 aliphatic rings. The van der Waals surface area contributed by atoms with E-state index in [1.54, 1.807) is 12.1 Å². The van der Waals surface area contributed by atoms with Crippen molar-refractivity contribution in [3.63, 3.8) is 0 Å². The zero-order valence-corrected chi connectivity index (χ0v) is 12.3. The molecule has 2 aromatic rings. The quantitative estimate of drug-likeness (QED) is 0.918. The predicted octanol–water partition coefficient (Wildman–Crippen LogP) is 2.25. The number of carboxylic acid groups (broad SMARTS) is 1. The van der Waals surface area contributed by atoms with Gasteiger partial charge in [-0.2, -0.15) is 0 Å². The number of nitrogens with zero attached hydrogens (tertiary/aromatic N) is 1. The molecule has 1 fully saturated rings. The molecule has 0 aliphatic carbocycles. The van der Waals surface area contributed by atoms with E-state index in [1.165, 1.54) is 0 Å². The normalized spacial score (nSPS) is 15.8. The lowest BCUT2D eigenvalue weighted by molar-refractivity contribution is 0.0322. The maximum Gasteiger partial charge on any atom is 0.335 e. The van der Waals surface area contributed by atoms with E-state index < -0.39 is 5.97 Å². The molecule has 3 rings (SSSR count). The summed E-state index contributed by atoms with van der Waals surface area (Å²) in [5.41, 5.74) is 0.300. The highest BCUT2D eigenvalue weighted by Gasteiger charge is 2.10. The molecule has 22 heavy (non-hydrogen) atoms. The number of carboxylic acids is 1. The number of fused-ring (bicyclic) bond motifs is 1. The number of benzene rings is 2. The molecule has 0 aromatic heterocycles. The van der Waals surface area contributed by atoms with Crippen LogP contribution in [0.4, 0.5) is 0 Å². The van der Waals surface area contributed by atoms with Crippen LogP contribution in [-0.2, 0) is 4.74 Å². The van der Waals surface area contributed by atoms with Crippen molar-refractivity contribution in [2.24, 2.45) is 0 Å². The van der Waals surface area contributed by atoms with Crippen molar-refractivity contribution in [3.05, 3.63) is 42.0 Å². The fourth-order valence-electron chi connectivity index (χ4n) is 2.56. The standard InChI is InChI=1S/C17H19NO4/c19-17(20)15-2-1-14-12-16(4-3-13(14)11-15)22-10-7-18-5-8-21-9-6-18/h1-4,11-12H,5-10H2,(H,19,20). The first-order valence-electron chi connectivity index (χ1n) is 7.42. The minimum Gasteiger partial charge on any atom is -0.492 e. The first-order valence-corrected chi connectivity index (χ1v) is 7.42. The zero-order valence-electron chi connectivity index (χ0n) is 12.3. The van der Waals surface area contributed by atoms with Gasteiger partial charge in [0.15, 0.2) is 0 Å². The Hall–Kier alpha value is -2.11. The molecule has 1 saturated heterocycles. The number of aromatic carboxylic acids is 1. The van der Waals surface area contributed by atoms with Crippen LogP contribution < -0.4 is 4.74 Å². The van der Waals surface area contributed by atoms with E-state index in [4.69, 9.17) is 14.6 Å². The highest BCUT2D eigenvalue weighted by molar-refractivity contribution is 5.94. The van der Waals surface area contributed by atoms with Crippen molar-refractivity contribution in [3.8, 4) is 5.75 Å². The second-order valence-electron chi connectivity index (χ2n) is 5.33. The monoisotopic (exact) mass is 301 g/mol. The van der Waals surface area contributed by atoms with Gasteiger partial charge < -0.3 is 14.6 Å². The number of ether oxygens (including phenoxy) is 2. The van der Waals surface area contributed by atoms with Crippen LogP contribution in [-0.4, -0.2) is 55.4 Å². The molecule has 0 amide bonds. The first-order chi connectivity index (χ1) is 10.7. The number of rotatable bonds is 5. The first kappa shape index (κ1) is 14.8. The highest BCUT2D eigenvalue weighted by atomic mass is 16.5. The molecule has 5 heteroatoms. The van der Waals surface area contributed by atoms with Crippen LogP contribution in [0.2, 0.25) is 0 Å². The highest BCUT2D eigenvalue weighted by Crippen LogP contribution is 2.22. The molecule has 0 saturated carbocycles. The third-order valence-electron chi connectivity index (χ3n) is 3.84. The van der Waals surface area contributed by atoms with E-state index in [2.05, 4.69) is 4.90 Å². The minimum atomic E-state index is -0.910. The number of carbonyl (C=O) groups is 1. The molecule has 0 unspecified atom stereocenters. The van der Waals surface area contributed by atoms with Crippen molar-refractivity contribution >= 4 is 16.7 Å². The van der Waals surface area contributed by atoms with Gasteiger partial charge in [-0.15, -0.1) is 0 Å². The maximum atomic E-state index is 11.0. The van der Waals surface area contributed by atoms with Crippen LogP contribution in [0.5, 0.6) is 5.75 Å². The summed E-state index contributed by atoms with van der Waals surface area (Å²) >= 11 is 0. The maximum absolute atomic E-state index is 11.0. The van der Waals surface area contributed by atoms with Crippen molar-refractivity contribution in [1.82, 2.24) is 4.90 Å². The van der Waals surface area contributed by atoms with Crippen molar-refractivity contribution in [1.29, 1.82) is 0 Å². The van der Waals surface area contributed by atoms with Gasteiger partial charge >= 0.3 is 5.97 Å². The average molecular weight is 301 g/mol. The SMILES string of the molecule is O=C(O)c1ccc2cc(OCCN3CCOCC3)ccc2c1. The van der Waals surface area contributed by atoms with Crippen LogP contribution in [0.25, 0.3) is 10.8 Å². The van der Waals surface area contributed by atoms with Gasteiger partial charge in [0, 0.05) is 19.6 Å². The Morgan fingerprint density at radius 1 is 1.14 bits per heavy atom. The Bertz CT molecular complexity index is 665. The van der Waals surface area contributed by atoms with E-state index in [-0.39, 0.29) is 0 Å². The summed E-state index contributed by atoms with van der Waals surface area (Å²) in [7, 11) is 0. The zero-order chi connectivity index (χ0) is 15.4. The van der Waals surface area contributed by atoms with Gasteiger partial charge in [0.2, 0.25) is 0 Å². The van der Waals surface area contributed by atoms with E-state index in [0.29, 0.717) is 12.2 Å². The van der Waals surface area contributed by atoms with E-state index in [1.807, 2.05) is 24.3 Å². The van der Waals surface area contributed by atoms with Crippen LogP contribution in [0.1, 0.15) is 10.4 Å². The summed E-state index contributed by atoms with van der Waals surface area (Å²) in [6.07, 6.45) is 0. The Balaban J connectivity index is 1.62. The smallest absolute Gasteiger partial charge is 0.335 e. The van der Waals surface area contributed by atoms with E-state index in [9.17, 15) is 4.79 Å². The van der Waals surface area contributed by atoms with Crippen LogP contribution in [0, 0.1) is 0 Å². The Labute approximate surface area is 129 Å². The fourth-order valence-corrected chi connectivity index (χ4v) is 2.56. The van der Waals surface area contributed by atoms with Gasteiger partial charge in [-0.25, -0.2) is 4.79 Å². The number of morpholine rings is 1. The molecule has 1 aliphatic heterocycles. The Kier molecular flexibility index (Phi) is 4.56. The lowest BCUT2D eigenvalue weighted by Gasteiger charge is -2.26. The van der Waals surface area contributed by atoms with Crippen LogP contribution >= 0.6 is 0 Å². The minimum absolute atomic E-state index is 0.300. The molecule has 0 atom stereocenters. The van der Waals surface area contributed by atoms with Gasteiger partial charge in [0.05, 0.1) is 18.8 Å². The average Bonchev–Trinajstić information content (AvgIpc) is 2.55. The molecular formula is C17H19NO4. The summed E-state index contributed by atoms with van der Waals surface area (Å²) in [4.78, 5) is 13.3. The van der Waals surface area contributed by atoms with Gasteiger partial charge in [-0.05, 0) is 35.0 Å². The van der Waals surface area contributed by atoms with Crippen LogP contribution in [0.3, 0.4) is 0 Å². The molecule has 2 aromatic carbocycles. The Morgan fingerprint density at radius 3 is 2.64 bits per heavy atom. The number of hydrogen-bond acceptors (Lipinski definition) is 4. The molecule has 0 radical (unpaired) electrons. The van der Waals surface area contributed by atoms with Gasteiger partial charge in [-0.1, -0.05) is 12.1 Å². The van der Waals surface area contributed by atoms with Crippen molar-refractivity contribution < 1.29 is 19.4 Å². The summed E-state index contributed by atoms with van der Waals surface area (Å²) < 4.78 is 11.1. The lowest BCUT2D eigenvalue weighted by Crippen LogP contribution is -2.38. The molecule has 1 N–H and O–H groups in total. The summed E-state index contributed by atoms with van der Waals surface area (Å²) in [5, 5.41) is 10.9. The third kappa shape index (κ3) is 3.55. The molecule has 0 bridgehead atoms. The molecule has 1 heterocycles. The molecule has 116 valence electrons. The summed E-state index contributed by atoms with van der Waals surface area (Å²) in [5.74, 6) is -0.100.